The zero-order valence-electron chi connectivity index (χ0n) is 10.9. The standard InChI is InChI=1S/C15H20N2O/c1-2-5-15-16-13-6-3-4-7-14(13)17(15)10-12-8-9-18-11-12/h3-4,6-7,12H,2,5,8-11H2,1H3. The highest BCUT2D eigenvalue weighted by Crippen LogP contribution is 2.22. The number of imidazole rings is 1. The fraction of sp³-hybridized carbons (Fsp3) is 0.533. The van der Waals surface area contributed by atoms with Gasteiger partial charge in [0.25, 0.3) is 0 Å². The van der Waals surface area contributed by atoms with Crippen molar-refractivity contribution in [2.45, 2.75) is 32.7 Å². The van der Waals surface area contributed by atoms with E-state index in [-0.39, 0.29) is 0 Å². The third-order valence-corrected chi connectivity index (χ3v) is 3.67. The fourth-order valence-electron chi connectivity index (χ4n) is 2.73. The summed E-state index contributed by atoms with van der Waals surface area (Å²) in [7, 11) is 0. The molecule has 1 fully saturated rings. The minimum Gasteiger partial charge on any atom is -0.381 e. The second kappa shape index (κ2) is 5.11. The van der Waals surface area contributed by atoms with Gasteiger partial charge in [0.2, 0.25) is 0 Å². The van der Waals surface area contributed by atoms with E-state index < -0.39 is 0 Å². The van der Waals surface area contributed by atoms with Crippen LogP contribution in [0.1, 0.15) is 25.6 Å². The molecule has 0 N–H and O–H groups in total. The number of ether oxygens (including phenoxy) is 1. The van der Waals surface area contributed by atoms with Gasteiger partial charge < -0.3 is 9.30 Å². The predicted molar refractivity (Wildman–Crippen MR) is 72.7 cm³/mol. The maximum Gasteiger partial charge on any atom is 0.109 e. The molecule has 3 rings (SSSR count). The van der Waals surface area contributed by atoms with Crippen molar-refractivity contribution >= 4 is 11.0 Å². The van der Waals surface area contributed by atoms with Gasteiger partial charge in [-0.05, 0) is 25.0 Å². The van der Waals surface area contributed by atoms with Gasteiger partial charge >= 0.3 is 0 Å². The molecule has 3 nitrogen and oxygen atoms in total. The molecule has 1 unspecified atom stereocenters. The van der Waals surface area contributed by atoms with Gasteiger partial charge in [0.1, 0.15) is 5.82 Å². The minimum absolute atomic E-state index is 0.651. The lowest BCUT2D eigenvalue weighted by Gasteiger charge is -2.12. The Morgan fingerprint density at radius 3 is 3.06 bits per heavy atom. The zero-order chi connectivity index (χ0) is 12.4. The lowest BCUT2D eigenvalue weighted by Crippen LogP contribution is -2.13. The Balaban J connectivity index is 1.97. The number of hydrogen-bond donors (Lipinski definition) is 0. The molecule has 1 saturated heterocycles. The monoisotopic (exact) mass is 244 g/mol. The van der Waals surface area contributed by atoms with Crippen LogP contribution in [0.4, 0.5) is 0 Å². The molecule has 0 bridgehead atoms. The average molecular weight is 244 g/mol. The van der Waals surface area contributed by atoms with Crippen LogP contribution < -0.4 is 0 Å². The van der Waals surface area contributed by atoms with Crippen molar-refractivity contribution in [1.29, 1.82) is 0 Å². The first kappa shape index (κ1) is 11.7. The summed E-state index contributed by atoms with van der Waals surface area (Å²) in [5, 5.41) is 0. The van der Waals surface area contributed by atoms with Gasteiger partial charge in [-0.3, -0.25) is 0 Å². The van der Waals surface area contributed by atoms with E-state index >= 15 is 0 Å². The number of aromatic nitrogens is 2. The molecule has 1 aliphatic heterocycles. The molecular formula is C15H20N2O. The van der Waals surface area contributed by atoms with Crippen molar-refractivity contribution in [3.8, 4) is 0 Å². The lowest BCUT2D eigenvalue weighted by atomic mass is 10.1. The van der Waals surface area contributed by atoms with Crippen LogP contribution >= 0.6 is 0 Å². The Bertz CT molecular complexity index is 526. The molecule has 1 aromatic carbocycles. The molecule has 18 heavy (non-hydrogen) atoms. The summed E-state index contributed by atoms with van der Waals surface area (Å²) in [6.07, 6.45) is 3.38. The van der Waals surface area contributed by atoms with E-state index in [1.807, 2.05) is 0 Å². The van der Waals surface area contributed by atoms with Gasteiger partial charge in [0.15, 0.2) is 0 Å². The number of fused-ring (bicyclic) bond motifs is 1. The SMILES string of the molecule is CCCc1nc2ccccc2n1CC1CCOC1. The maximum absolute atomic E-state index is 5.48. The summed E-state index contributed by atoms with van der Waals surface area (Å²) in [6, 6.07) is 8.45. The van der Waals surface area contributed by atoms with Gasteiger partial charge in [-0.15, -0.1) is 0 Å². The highest BCUT2D eigenvalue weighted by molar-refractivity contribution is 5.75. The molecule has 2 aromatic rings. The Morgan fingerprint density at radius 1 is 1.39 bits per heavy atom. The number of aryl methyl sites for hydroxylation is 1. The Hall–Kier alpha value is -1.35. The largest absolute Gasteiger partial charge is 0.381 e. The second-order valence-corrected chi connectivity index (χ2v) is 5.11. The maximum atomic E-state index is 5.48. The lowest BCUT2D eigenvalue weighted by molar-refractivity contribution is 0.182. The molecular weight excluding hydrogens is 224 g/mol. The average Bonchev–Trinajstić information content (AvgIpc) is 3.00. The minimum atomic E-state index is 0.651. The summed E-state index contributed by atoms with van der Waals surface area (Å²) in [5.74, 6) is 1.88. The van der Waals surface area contributed by atoms with Crippen LogP contribution in [0.5, 0.6) is 0 Å². The highest BCUT2D eigenvalue weighted by atomic mass is 16.5. The highest BCUT2D eigenvalue weighted by Gasteiger charge is 2.19. The third-order valence-electron chi connectivity index (χ3n) is 3.67. The van der Waals surface area contributed by atoms with Crippen molar-refractivity contribution in [3.63, 3.8) is 0 Å². The van der Waals surface area contributed by atoms with E-state index in [9.17, 15) is 0 Å². The smallest absolute Gasteiger partial charge is 0.109 e. The molecule has 1 aliphatic rings. The molecule has 0 spiro atoms. The molecule has 0 saturated carbocycles. The summed E-state index contributed by atoms with van der Waals surface area (Å²) in [4.78, 5) is 4.77. The Morgan fingerprint density at radius 2 is 2.28 bits per heavy atom. The van der Waals surface area contributed by atoms with Crippen LogP contribution in [0.25, 0.3) is 11.0 Å². The van der Waals surface area contributed by atoms with Crippen molar-refractivity contribution in [3.05, 3.63) is 30.1 Å². The molecule has 0 amide bonds. The molecule has 0 radical (unpaired) electrons. The van der Waals surface area contributed by atoms with Crippen molar-refractivity contribution in [1.82, 2.24) is 9.55 Å². The first-order chi connectivity index (χ1) is 8.88. The van der Waals surface area contributed by atoms with Crippen molar-refractivity contribution in [2.24, 2.45) is 5.92 Å². The van der Waals surface area contributed by atoms with E-state index in [4.69, 9.17) is 9.72 Å². The zero-order valence-corrected chi connectivity index (χ0v) is 10.9. The summed E-state index contributed by atoms with van der Waals surface area (Å²) < 4.78 is 7.88. The van der Waals surface area contributed by atoms with Gasteiger partial charge in [0, 0.05) is 25.5 Å². The number of rotatable bonds is 4. The van der Waals surface area contributed by atoms with Gasteiger partial charge in [0.05, 0.1) is 17.6 Å². The van der Waals surface area contributed by atoms with Crippen molar-refractivity contribution < 1.29 is 4.74 Å². The van der Waals surface area contributed by atoms with E-state index in [2.05, 4.69) is 35.8 Å². The van der Waals surface area contributed by atoms with E-state index in [1.165, 1.54) is 17.8 Å². The first-order valence-electron chi connectivity index (χ1n) is 6.90. The van der Waals surface area contributed by atoms with Crippen LogP contribution in [0.15, 0.2) is 24.3 Å². The van der Waals surface area contributed by atoms with E-state index in [0.717, 1.165) is 38.1 Å². The first-order valence-corrected chi connectivity index (χ1v) is 6.90. The van der Waals surface area contributed by atoms with E-state index in [0.29, 0.717) is 5.92 Å². The molecule has 1 aromatic heterocycles. The van der Waals surface area contributed by atoms with Gasteiger partial charge in [-0.1, -0.05) is 19.1 Å². The molecule has 2 heterocycles. The van der Waals surface area contributed by atoms with E-state index in [1.54, 1.807) is 0 Å². The number of hydrogen-bond acceptors (Lipinski definition) is 2. The fourth-order valence-corrected chi connectivity index (χ4v) is 2.73. The molecule has 0 aliphatic carbocycles. The van der Waals surface area contributed by atoms with Crippen LogP contribution in [0.2, 0.25) is 0 Å². The number of para-hydroxylation sites is 2. The normalized spacial score (nSPS) is 19.7. The second-order valence-electron chi connectivity index (χ2n) is 5.11. The van der Waals surface area contributed by atoms with Crippen molar-refractivity contribution in [2.75, 3.05) is 13.2 Å². The van der Waals surface area contributed by atoms with Crippen LogP contribution in [0.3, 0.4) is 0 Å². The van der Waals surface area contributed by atoms with Crippen LogP contribution in [0, 0.1) is 5.92 Å². The van der Waals surface area contributed by atoms with Crippen LogP contribution in [-0.2, 0) is 17.7 Å². The number of benzene rings is 1. The molecule has 3 heteroatoms. The Kier molecular flexibility index (Phi) is 3.33. The third kappa shape index (κ3) is 2.15. The topological polar surface area (TPSA) is 27.1 Å². The predicted octanol–water partition coefficient (Wildman–Crippen LogP) is 3.03. The van der Waals surface area contributed by atoms with Crippen LogP contribution in [-0.4, -0.2) is 22.8 Å². The summed E-state index contributed by atoms with van der Waals surface area (Å²) in [5.41, 5.74) is 2.40. The molecule has 1 atom stereocenters. The summed E-state index contributed by atoms with van der Waals surface area (Å²) >= 11 is 0. The summed E-state index contributed by atoms with van der Waals surface area (Å²) in [6.45, 7) is 5.08. The Labute approximate surface area is 108 Å². The van der Waals surface area contributed by atoms with Gasteiger partial charge in [-0.2, -0.15) is 0 Å². The molecule has 96 valence electrons. The number of nitrogens with zero attached hydrogens (tertiary/aromatic N) is 2. The van der Waals surface area contributed by atoms with Gasteiger partial charge in [-0.25, -0.2) is 4.98 Å². The quantitative estimate of drug-likeness (QED) is 0.826.